The van der Waals surface area contributed by atoms with Crippen LogP contribution in [0, 0.1) is 12.8 Å². The molecule has 1 aromatic rings. The molecule has 0 amide bonds. The van der Waals surface area contributed by atoms with E-state index in [1.807, 2.05) is 6.20 Å². The highest BCUT2D eigenvalue weighted by Gasteiger charge is 2.17. The van der Waals surface area contributed by atoms with E-state index in [-0.39, 0.29) is 0 Å². The second kappa shape index (κ2) is 8.55. The summed E-state index contributed by atoms with van der Waals surface area (Å²) >= 11 is 1.78. The Morgan fingerprint density at radius 1 is 1.45 bits per heavy atom. The molecule has 20 heavy (non-hydrogen) atoms. The Hall–Kier alpha value is -0.710. The highest BCUT2D eigenvalue weighted by Crippen LogP contribution is 2.31. The molecule has 1 N–H and O–H groups in total. The van der Waals surface area contributed by atoms with E-state index >= 15 is 0 Å². The Morgan fingerprint density at radius 3 is 2.90 bits per heavy atom. The van der Waals surface area contributed by atoms with Crippen LogP contribution in [-0.2, 0) is 4.74 Å². The first kappa shape index (κ1) is 15.7. The summed E-state index contributed by atoms with van der Waals surface area (Å²) in [7, 11) is 1.75. The van der Waals surface area contributed by atoms with E-state index in [0.717, 1.165) is 30.6 Å². The molecule has 4 heteroatoms. The van der Waals surface area contributed by atoms with Gasteiger partial charge < -0.3 is 10.1 Å². The predicted octanol–water partition coefficient (Wildman–Crippen LogP) is 3.65. The van der Waals surface area contributed by atoms with Crippen LogP contribution in [0.1, 0.15) is 42.0 Å². The molecule has 1 aliphatic rings. The van der Waals surface area contributed by atoms with Crippen molar-refractivity contribution >= 4 is 17.4 Å². The van der Waals surface area contributed by atoms with Gasteiger partial charge in [-0.3, -0.25) is 0 Å². The zero-order chi connectivity index (χ0) is 14.2. The van der Waals surface area contributed by atoms with Gasteiger partial charge in [0, 0.05) is 31.3 Å². The van der Waals surface area contributed by atoms with Gasteiger partial charge in [0.05, 0.1) is 11.6 Å². The Bertz CT molecular complexity index is 422. The summed E-state index contributed by atoms with van der Waals surface area (Å²) in [6.45, 7) is 4.74. The fourth-order valence-corrected chi connectivity index (χ4v) is 3.58. The maximum absolute atomic E-state index is 5.10. The second-order valence-electron chi connectivity index (χ2n) is 5.51. The first-order valence-corrected chi connectivity index (χ1v) is 8.44. The molecular formula is C16H26N2OS. The zero-order valence-corrected chi connectivity index (χ0v) is 13.5. The highest BCUT2D eigenvalue weighted by atomic mass is 32.1. The van der Waals surface area contributed by atoms with Crippen LogP contribution in [0.15, 0.2) is 11.8 Å². The number of methoxy groups -OCH3 is 1. The van der Waals surface area contributed by atoms with Gasteiger partial charge in [-0.1, -0.05) is 24.8 Å². The fraction of sp³-hybridized carbons (Fsp3) is 0.688. The van der Waals surface area contributed by atoms with Crippen molar-refractivity contribution in [3.63, 3.8) is 0 Å². The van der Waals surface area contributed by atoms with Gasteiger partial charge in [0.25, 0.3) is 0 Å². The summed E-state index contributed by atoms with van der Waals surface area (Å²) in [5, 5.41) is 4.65. The molecule has 1 heterocycles. The second-order valence-corrected chi connectivity index (χ2v) is 6.77. The van der Waals surface area contributed by atoms with Gasteiger partial charge in [-0.2, -0.15) is 0 Å². The van der Waals surface area contributed by atoms with Crippen molar-refractivity contribution in [2.75, 3.05) is 26.8 Å². The summed E-state index contributed by atoms with van der Waals surface area (Å²) in [5.41, 5.74) is 1.55. The zero-order valence-electron chi connectivity index (χ0n) is 12.7. The molecular weight excluding hydrogens is 268 g/mol. The topological polar surface area (TPSA) is 34.1 Å². The summed E-state index contributed by atoms with van der Waals surface area (Å²) in [6.07, 6.45) is 11.2. The van der Waals surface area contributed by atoms with Crippen molar-refractivity contribution in [2.45, 2.75) is 39.0 Å². The van der Waals surface area contributed by atoms with E-state index in [2.05, 4.69) is 23.3 Å². The van der Waals surface area contributed by atoms with Crippen LogP contribution in [0.2, 0.25) is 0 Å². The molecule has 1 fully saturated rings. The van der Waals surface area contributed by atoms with E-state index in [0.29, 0.717) is 0 Å². The van der Waals surface area contributed by atoms with Crippen LogP contribution >= 0.6 is 11.3 Å². The quantitative estimate of drug-likeness (QED) is 0.779. The number of aromatic nitrogens is 1. The highest BCUT2D eigenvalue weighted by molar-refractivity contribution is 7.12. The lowest BCUT2D eigenvalue weighted by Crippen LogP contribution is -2.25. The van der Waals surface area contributed by atoms with Crippen LogP contribution in [0.3, 0.4) is 0 Å². The molecule has 0 radical (unpaired) electrons. The minimum Gasteiger partial charge on any atom is -0.383 e. The molecule has 0 saturated heterocycles. The van der Waals surface area contributed by atoms with Crippen LogP contribution in [-0.4, -0.2) is 31.8 Å². The van der Waals surface area contributed by atoms with Crippen molar-refractivity contribution in [2.24, 2.45) is 5.92 Å². The summed E-state index contributed by atoms with van der Waals surface area (Å²) in [5.74, 6) is 0.751. The molecule has 1 saturated carbocycles. The molecule has 0 unspecified atom stereocenters. The average molecular weight is 294 g/mol. The maximum atomic E-state index is 5.10. The van der Waals surface area contributed by atoms with E-state index in [4.69, 9.17) is 4.74 Å². The molecule has 1 aliphatic carbocycles. The Balaban J connectivity index is 2.00. The number of rotatable bonds is 7. The predicted molar refractivity (Wildman–Crippen MR) is 86.1 cm³/mol. The van der Waals surface area contributed by atoms with Crippen LogP contribution in [0.5, 0.6) is 0 Å². The molecule has 2 rings (SSSR count). The lowest BCUT2D eigenvalue weighted by Gasteiger charge is -2.25. The SMILES string of the molecule is COCCNCC(=Cc1cnc(C)s1)C1CCCCC1. The number of hydrogen-bond donors (Lipinski definition) is 1. The molecule has 0 atom stereocenters. The number of nitrogens with one attached hydrogen (secondary N) is 1. The molecule has 112 valence electrons. The molecule has 0 bridgehead atoms. The van der Waals surface area contributed by atoms with Crippen molar-refractivity contribution in [1.82, 2.24) is 10.3 Å². The number of nitrogens with zero attached hydrogens (tertiary/aromatic N) is 1. The smallest absolute Gasteiger partial charge is 0.0900 e. The van der Waals surface area contributed by atoms with E-state index < -0.39 is 0 Å². The van der Waals surface area contributed by atoms with Crippen LogP contribution in [0.25, 0.3) is 6.08 Å². The van der Waals surface area contributed by atoms with Gasteiger partial charge in [0.2, 0.25) is 0 Å². The number of hydrogen-bond acceptors (Lipinski definition) is 4. The molecule has 0 aliphatic heterocycles. The third-order valence-electron chi connectivity index (χ3n) is 3.91. The molecule has 0 aromatic carbocycles. The van der Waals surface area contributed by atoms with Crippen LogP contribution in [0.4, 0.5) is 0 Å². The van der Waals surface area contributed by atoms with Crippen LogP contribution < -0.4 is 5.32 Å². The van der Waals surface area contributed by atoms with Crippen molar-refractivity contribution in [3.8, 4) is 0 Å². The lowest BCUT2D eigenvalue weighted by molar-refractivity contribution is 0.200. The normalized spacial score (nSPS) is 17.6. The maximum Gasteiger partial charge on any atom is 0.0900 e. The van der Waals surface area contributed by atoms with Gasteiger partial charge in [0.15, 0.2) is 0 Å². The third-order valence-corrected chi connectivity index (χ3v) is 4.77. The van der Waals surface area contributed by atoms with Crippen molar-refractivity contribution < 1.29 is 4.74 Å². The van der Waals surface area contributed by atoms with Gasteiger partial charge in [0.1, 0.15) is 0 Å². The van der Waals surface area contributed by atoms with Gasteiger partial charge >= 0.3 is 0 Å². The monoisotopic (exact) mass is 294 g/mol. The molecule has 1 aromatic heterocycles. The Kier molecular flexibility index (Phi) is 6.70. The average Bonchev–Trinajstić information content (AvgIpc) is 2.88. The minimum atomic E-state index is 0.751. The Morgan fingerprint density at radius 2 is 2.25 bits per heavy atom. The van der Waals surface area contributed by atoms with E-state index in [9.17, 15) is 0 Å². The van der Waals surface area contributed by atoms with Gasteiger partial charge in [-0.05, 0) is 31.8 Å². The lowest BCUT2D eigenvalue weighted by atomic mass is 9.83. The Labute approximate surface area is 126 Å². The summed E-state index contributed by atoms with van der Waals surface area (Å²) in [4.78, 5) is 5.65. The minimum absolute atomic E-state index is 0.751. The first-order valence-electron chi connectivity index (χ1n) is 7.62. The van der Waals surface area contributed by atoms with Gasteiger partial charge in [-0.25, -0.2) is 4.98 Å². The number of aryl methyl sites for hydroxylation is 1. The molecule has 3 nitrogen and oxygen atoms in total. The molecule has 0 spiro atoms. The fourth-order valence-electron chi connectivity index (χ4n) is 2.82. The van der Waals surface area contributed by atoms with Crippen molar-refractivity contribution in [1.29, 1.82) is 0 Å². The third kappa shape index (κ3) is 5.00. The number of ether oxygens (including phenoxy) is 1. The van der Waals surface area contributed by atoms with Crippen molar-refractivity contribution in [3.05, 3.63) is 21.7 Å². The first-order chi connectivity index (χ1) is 9.79. The largest absolute Gasteiger partial charge is 0.383 e. The van der Waals surface area contributed by atoms with Gasteiger partial charge in [-0.15, -0.1) is 11.3 Å². The standard InChI is InChI=1S/C16H26N2OS/c1-13-18-12-16(20-13)10-15(11-17-8-9-19-2)14-6-4-3-5-7-14/h10,12,14,17H,3-9,11H2,1-2H3. The van der Waals surface area contributed by atoms with E-state index in [1.54, 1.807) is 24.0 Å². The van der Waals surface area contributed by atoms with E-state index in [1.165, 1.54) is 37.0 Å². The summed E-state index contributed by atoms with van der Waals surface area (Å²) < 4.78 is 5.10. The number of thiazole rings is 1. The summed E-state index contributed by atoms with van der Waals surface area (Å²) in [6, 6.07) is 0.